The first-order valence-corrected chi connectivity index (χ1v) is 10.4. The molecule has 2 heterocycles. The number of ketones is 1. The minimum Gasteiger partial charge on any atom is -0.392 e. The third-order valence-corrected chi connectivity index (χ3v) is 6.57. The lowest BCUT2D eigenvalue weighted by molar-refractivity contribution is -0.126. The number of hydrogen-bond acceptors (Lipinski definition) is 4. The maximum Gasteiger partial charge on any atom is 0.163 e. The zero-order chi connectivity index (χ0) is 19.7. The van der Waals surface area contributed by atoms with Crippen molar-refractivity contribution in [3.05, 3.63) is 69.2 Å². The van der Waals surface area contributed by atoms with Crippen LogP contribution in [0.1, 0.15) is 23.1 Å². The summed E-state index contributed by atoms with van der Waals surface area (Å²) in [4.78, 5) is 15.9. The maximum absolute atomic E-state index is 13.7. The molecule has 2 aromatic rings. The molecule has 29 heavy (non-hydrogen) atoms. The van der Waals surface area contributed by atoms with Gasteiger partial charge in [0, 0.05) is 32.6 Å². The Morgan fingerprint density at radius 3 is 2.72 bits per heavy atom. The Labute approximate surface area is 187 Å². The molecular formula is C22H25Cl3N2O2. The summed E-state index contributed by atoms with van der Waals surface area (Å²) in [6.07, 6.45) is 1.61. The SMILES string of the molecule is Cl.O=C(Cc1ccc(Cl)c(Cl)c1)C1(CN2CCC(O)C2)NCCc2ccccc21. The van der Waals surface area contributed by atoms with Crippen molar-refractivity contribution in [2.45, 2.75) is 30.9 Å². The molecule has 7 heteroatoms. The Bertz CT molecular complexity index is 892. The number of aliphatic hydroxyl groups excluding tert-OH is 1. The molecule has 0 aromatic heterocycles. The number of carbonyl (C=O) groups is 1. The zero-order valence-electron chi connectivity index (χ0n) is 16.0. The molecule has 0 spiro atoms. The minimum atomic E-state index is -0.787. The fraction of sp³-hybridized carbons (Fsp3) is 0.409. The van der Waals surface area contributed by atoms with Gasteiger partial charge in [0.05, 0.1) is 16.1 Å². The van der Waals surface area contributed by atoms with Gasteiger partial charge in [0.25, 0.3) is 0 Å². The summed E-state index contributed by atoms with van der Waals surface area (Å²) >= 11 is 12.2. The van der Waals surface area contributed by atoms with Crippen molar-refractivity contribution in [2.24, 2.45) is 0 Å². The molecule has 1 saturated heterocycles. The van der Waals surface area contributed by atoms with E-state index < -0.39 is 5.54 Å². The van der Waals surface area contributed by atoms with Gasteiger partial charge in [0.1, 0.15) is 5.54 Å². The fourth-order valence-electron chi connectivity index (χ4n) is 4.42. The summed E-state index contributed by atoms with van der Waals surface area (Å²) in [7, 11) is 0. The zero-order valence-corrected chi connectivity index (χ0v) is 18.4. The van der Waals surface area contributed by atoms with E-state index in [-0.39, 0.29) is 30.7 Å². The molecule has 2 N–H and O–H groups in total. The highest BCUT2D eigenvalue weighted by molar-refractivity contribution is 6.42. The van der Waals surface area contributed by atoms with Gasteiger partial charge >= 0.3 is 0 Å². The Morgan fingerprint density at radius 1 is 1.21 bits per heavy atom. The number of aliphatic hydroxyl groups is 1. The van der Waals surface area contributed by atoms with Gasteiger partial charge in [0.15, 0.2) is 5.78 Å². The molecule has 4 rings (SSSR count). The van der Waals surface area contributed by atoms with Gasteiger partial charge in [-0.15, -0.1) is 12.4 Å². The molecule has 0 amide bonds. The van der Waals surface area contributed by atoms with Crippen molar-refractivity contribution in [3.8, 4) is 0 Å². The molecule has 4 nitrogen and oxygen atoms in total. The third kappa shape index (κ3) is 4.63. The van der Waals surface area contributed by atoms with E-state index in [1.807, 2.05) is 18.2 Å². The average molecular weight is 456 g/mol. The first kappa shape index (κ1) is 22.5. The fourth-order valence-corrected chi connectivity index (χ4v) is 4.74. The highest BCUT2D eigenvalue weighted by Gasteiger charge is 2.44. The van der Waals surface area contributed by atoms with Crippen molar-refractivity contribution < 1.29 is 9.90 Å². The van der Waals surface area contributed by atoms with Crippen LogP contribution in [0, 0.1) is 0 Å². The Kier molecular flexibility index (Phi) is 7.26. The van der Waals surface area contributed by atoms with E-state index in [4.69, 9.17) is 23.2 Å². The van der Waals surface area contributed by atoms with Crippen LogP contribution < -0.4 is 5.32 Å². The maximum atomic E-state index is 13.7. The standard InChI is InChI=1S/C22H24Cl2N2O2.ClH/c23-19-6-5-15(11-20(19)24)12-21(28)22(14-26-10-8-17(27)13-26)18-4-2-1-3-16(18)7-9-25-22;/h1-6,11,17,25,27H,7-10,12-14H2;1H. The van der Waals surface area contributed by atoms with Crippen LogP contribution in [0.5, 0.6) is 0 Å². The van der Waals surface area contributed by atoms with Crippen LogP contribution in [0.25, 0.3) is 0 Å². The van der Waals surface area contributed by atoms with Gasteiger partial charge in [0.2, 0.25) is 0 Å². The van der Waals surface area contributed by atoms with Gasteiger partial charge in [-0.25, -0.2) is 0 Å². The molecule has 0 aliphatic carbocycles. The van der Waals surface area contributed by atoms with Crippen LogP contribution in [0.3, 0.4) is 0 Å². The number of likely N-dealkylation sites (tertiary alicyclic amines) is 1. The van der Waals surface area contributed by atoms with Gasteiger partial charge in [-0.05, 0) is 41.7 Å². The summed E-state index contributed by atoms with van der Waals surface area (Å²) in [5, 5.41) is 14.5. The molecule has 2 aromatic carbocycles. The Morgan fingerprint density at radius 2 is 2.00 bits per heavy atom. The van der Waals surface area contributed by atoms with Crippen molar-refractivity contribution in [3.63, 3.8) is 0 Å². The second-order valence-corrected chi connectivity index (χ2v) is 8.58. The molecule has 2 atom stereocenters. The molecule has 2 unspecified atom stereocenters. The number of benzene rings is 2. The Hall–Kier alpha value is -1.14. The molecule has 0 bridgehead atoms. The van der Waals surface area contributed by atoms with Gasteiger partial charge in [-0.1, -0.05) is 53.5 Å². The van der Waals surface area contributed by atoms with Crippen LogP contribution in [0.4, 0.5) is 0 Å². The van der Waals surface area contributed by atoms with E-state index in [1.54, 1.807) is 12.1 Å². The smallest absolute Gasteiger partial charge is 0.163 e. The summed E-state index contributed by atoms with van der Waals surface area (Å²) in [6.45, 7) is 2.71. The summed E-state index contributed by atoms with van der Waals surface area (Å²) < 4.78 is 0. The number of β-amino-alcohol motifs (C(OH)–C–C–N with tert-alkyl or cyclic N) is 1. The minimum absolute atomic E-state index is 0. The first-order valence-electron chi connectivity index (χ1n) is 9.69. The molecule has 156 valence electrons. The third-order valence-electron chi connectivity index (χ3n) is 5.83. The second-order valence-electron chi connectivity index (χ2n) is 7.77. The van der Waals surface area contributed by atoms with Crippen LogP contribution in [0.15, 0.2) is 42.5 Å². The molecule has 2 aliphatic heterocycles. The predicted octanol–water partition coefficient (Wildman–Crippen LogP) is 3.63. The number of nitrogens with one attached hydrogen (secondary N) is 1. The number of Topliss-reactive ketones (excluding diaryl/α,β-unsaturated/α-hetero) is 1. The lowest BCUT2D eigenvalue weighted by Crippen LogP contribution is -2.59. The topological polar surface area (TPSA) is 52.6 Å². The normalized spacial score (nSPS) is 24.0. The average Bonchev–Trinajstić information content (AvgIpc) is 3.09. The molecule has 0 saturated carbocycles. The van der Waals surface area contributed by atoms with E-state index in [2.05, 4.69) is 22.3 Å². The lowest BCUT2D eigenvalue weighted by Gasteiger charge is -2.41. The largest absolute Gasteiger partial charge is 0.392 e. The highest BCUT2D eigenvalue weighted by atomic mass is 35.5. The van der Waals surface area contributed by atoms with E-state index in [1.165, 1.54) is 5.56 Å². The number of rotatable bonds is 5. The van der Waals surface area contributed by atoms with E-state index in [0.29, 0.717) is 23.1 Å². The van der Waals surface area contributed by atoms with Crippen molar-refractivity contribution in [1.29, 1.82) is 0 Å². The highest BCUT2D eigenvalue weighted by Crippen LogP contribution is 2.33. The van der Waals surface area contributed by atoms with E-state index in [9.17, 15) is 9.90 Å². The van der Waals surface area contributed by atoms with Crippen molar-refractivity contribution in [1.82, 2.24) is 10.2 Å². The number of halogens is 3. The molecule has 2 aliphatic rings. The summed E-state index contributed by atoms with van der Waals surface area (Å²) in [5.41, 5.74) is 2.33. The first-order chi connectivity index (χ1) is 13.5. The van der Waals surface area contributed by atoms with Gasteiger partial charge in [-0.3, -0.25) is 15.0 Å². The van der Waals surface area contributed by atoms with E-state index in [0.717, 1.165) is 37.1 Å². The van der Waals surface area contributed by atoms with Crippen molar-refractivity contribution in [2.75, 3.05) is 26.2 Å². The number of carbonyl (C=O) groups excluding carboxylic acids is 1. The molecule has 0 radical (unpaired) electrons. The van der Waals surface area contributed by atoms with Crippen molar-refractivity contribution >= 4 is 41.4 Å². The van der Waals surface area contributed by atoms with Crippen LogP contribution in [-0.4, -0.2) is 48.1 Å². The summed E-state index contributed by atoms with van der Waals surface area (Å²) in [5.74, 6) is 0.111. The monoisotopic (exact) mass is 454 g/mol. The lowest BCUT2D eigenvalue weighted by atomic mass is 9.77. The number of hydrogen-bond donors (Lipinski definition) is 2. The second kappa shape index (κ2) is 9.34. The molecular weight excluding hydrogens is 431 g/mol. The van der Waals surface area contributed by atoms with Crippen LogP contribution >= 0.6 is 35.6 Å². The van der Waals surface area contributed by atoms with Gasteiger partial charge in [-0.2, -0.15) is 0 Å². The quantitative estimate of drug-likeness (QED) is 0.723. The van der Waals surface area contributed by atoms with Crippen LogP contribution in [-0.2, 0) is 23.2 Å². The Balaban J connectivity index is 0.00000240. The van der Waals surface area contributed by atoms with E-state index >= 15 is 0 Å². The van der Waals surface area contributed by atoms with Crippen LogP contribution in [0.2, 0.25) is 10.0 Å². The number of nitrogens with zero attached hydrogens (tertiary/aromatic N) is 1. The predicted molar refractivity (Wildman–Crippen MR) is 119 cm³/mol. The van der Waals surface area contributed by atoms with Gasteiger partial charge < -0.3 is 5.11 Å². The number of fused-ring (bicyclic) bond motifs is 1. The summed E-state index contributed by atoms with van der Waals surface area (Å²) in [6, 6.07) is 13.5. The molecule has 1 fully saturated rings.